The van der Waals surface area contributed by atoms with Gasteiger partial charge in [0.2, 0.25) is 0 Å². The first-order valence-corrected chi connectivity index (χ1v) is 5.39. The molecule has 0 amide bonds. The maximum Gasteiger partial charge on any atom is 0.0634 e. The van der Waals surface area contributed by atoms with Crippen LogP contribution >= 0.6 is 0 Å². The number of aliphatic hydroxyl groups is 1. The molecule has 0 aromatic carbocycles. The second-order valence-corrected chi connectivity index (χ2v) is 4.25. The van der Waals surface area contributed by atoms with Gasteiger partial charge in [-0.25, -0.2) is 0 Å². The van der Waals surface area contributed by atoms with Crippen molar-refractivity contribution in [1.82, 2.24) is 0 Å². The van der Waals surface area contributed by atoms with Gasteiger partial charge in [-0.3, -0.25) is 0 Å². The van der Waals surface area contributed by atoms with Crippen LogP contribution in [0.2, 0.25) is 0 Å². The zero-order valence-electron chi connectivity index (χ0n) is 8.02. The molecule has 0 aliphatic heterocycles. The number of rotatable bonds is 2. The van der Waals surface area contributed by atoms with E-state index in [1.165, 1.54) is 25.7 Å². The van der Waals surface area contributed by atoms with E-state index in [1.807, 2.05) is 0 Å². The smallest absolute Gasteiger partial charge is 0.0634 e. The normalized spacial score (nSPS) is 31.0. The number of aliphatic hydroxyl groups excluding tert-OH is 1. The lowest BCUT2D eigenvalue weighted by Crippen LogP contribution is -2.26. The Morgan fingerprint density at radius 2 is 1.92 bits per heavy atom. The molecule has 1 fully saturated rings. The highest BCUT2D eigenvalue weighted by Crippen LogP contribution is 2.32. The van der Waals surface area contributed by atoms with Crippen molar-refractivity contribution in [3.8, 4) is 0 Å². The van der Waals surface area contributed by atoms with Gasteiger partial charge in [0.25, 0.3) is 0 Å². The van der Waals surface area contributed by atoms with Crippen LogP contribution in [0.25, 0.3) is 0 Å². The van der Waals surface area contributed by atoms with E-state index in [0.29, 0.717) is 11.8 Å². The van der Waals surface area contributed by atoms with E-state index in [-0.39, 0.29) is 6.10 Å². The Kier molecular flexibility index (Phi) is 2.84. The molecule has 1 N–H and O–H groups in total. The third-order valence-electron chi connectivity index (χ3n) is 3.34. The van der Waals surface area contributed by atoms with Crippen molar-refractivity contribution >= 4 is 0 Å². The van der Waals surface area contributed by atoms with E-state index in [4.69, 9.17) is 0 Å². The van der Waals surface area contributed by atoms with Crippen LogP contribution < -0.4 is 0 Å². The second kappa shape index (κ2) is 4.10. The minimum Gasteiger partial charge on any atom is -0.392 e. The van der Waals surface area contributed by atoms with Crippen molar-refractivity contribution in [2.75, 3.05) is 0 Å². The maximum absolute atomic E-state index is 10.1. The molecule has 0 bridgehead atoms. The summed E-state index contributed by atoms with van der Waals surface area (Å²) in [6.07, 6.45) is 14.5. The predicted molar refractivity (Wildman–Crippen MR) is 54.4 cm³/mol. The van der Waals surface area contributed by atoms with Crippen LogP contribution in [0.1, 0.15) is 32.1 Å². The fourth-order valence-electron chi connectivity index (χ4n) is 2.50. The van der Waals surface area contributed by atoms with Crippen LogP contribution in [0.15, 0.2) is 24.3 Å². The van der Waals surface area contributed by atoms with Crippen LogP contribution in [0.5, 0.6) is 0 Å². The van der Waals surface area contributed by atoms with Crippen LogP contribution in [-0.2, 0) is 0 Å². The monoisotopic (exact) mass is 178 g/mol. The first-order chi connectivity index (χ1) is 6.38. The van der Waals surface area contributed by atoms with Gasteiger partial charge < -0.3 is 5.11 Å². The Labute approximate surface area is 80.2 Å². The summed E-state index contributed by atoms with van der Waals surface area (Å²) in [4.78, 5) is 0. The summed E-state index contributed by atoms with van der Waals surface area (Å²) in [7, 11) is 0. The summed E-state index contributed by atoms with van der Waals surface area (Å²) < 4.78 is 0. The molecule has 2 atom stereocenters. The van der Waals surface area contributed by atoms with E-state index in [1.54, 1.807) is 0 Å². The summed E-state index contributed by atoms with van der Waals surface area (Å²) in [5.41, 5.74) is 0. The Bertz CT molecular complexity index is 211. The molecule has 2 rings (SSSR count). The summed E-state index contributed by atoms with van der Waals surface area (Å²) in [6.45, 7) is 0. The summed E-state index contributed by atoms with van der Waals surface area (Å²) in [6, 6.07) is 0. The zero-order chi connectivity index (χ0) is 9.10. The van der Waals surface area contributed by atoms with Gasteiger partial charge in [0.15, 0.2) is 0 Å². The Hall–Kier alpha value is -0.560. The van der Waals surface area contributed by atoms with E-state index in [9.17, 15) is 5.11 Å². The van der Waals surface area contributed by atoms with Crippen molar-refractivity contribution < 1.29 is 5.11 Å². The molecule has 0 aromatic rings. The largest absolute Gasteiger partial charge is 0.392 e. The third kappa shape index (κ3) is 2.02. The first kappa shape index (κ1) is 9.01. The molecule has 1 unspecified atom stereocenters. The highest BCUT2D eigenvalue weighted by atomic mass is 16.3. The SMILES string of the molecule is O[C@@H](C1C=CC=CC1)C1CCCC1. The van der Waals surface area contributed by atoms with Crippen molar-refractivity contribution in [1.29, 1.82) is 0 Å². The molecule has 0 saturated heterocycles. The third-order valence-corrected chi connectivity index (χ3v) is 3.34. The van der Waals surface area contributed by atoms with Gasteiger partial charge in [-0.15, -0.1) is 0 Å². The molecule has 2 aliphatic carbocycles. The van der Waals surface area contributed by atoms with E-state index < -0.39 is 0 Å². The molecule has 0 spiro atoms. The van der Waals surface area contributed by atoms with Crippen LogP contribution in [0.3, 0.4) is 0 Å². The zero-order valence-corrected chi connectivity index (χ0v) is 8.02. The molecule has 1 nitrogen and oxygen atoms in total. The lowest BCUT2D eigenvalue weighted by Gasteiger charge is -2.25. The van der Waals surface area contributed by atoms with E-state index in [0.717, 1.165) is 6.42 Å². The van der Waals surface area contributed by atoms with Crippen LogP contribution in [0, 0.1) is 11.8 Å². The first-order valence-electron chi connectivity index (χ1n) is 5.39. The van der Waals surface area contributed by atoms with E-state index in [2.05, 4.69) is 24.3 Å². The van der Waals surface area contributed by atoms with Crippen LogP contribution in [-0.4, -0.2) is 11.2 Å². The number of hydrogen-bond acceptors (Lipinski definition) is 1. The minimum absolute atomic E-state index is 0.0938. The number of allylic oxidation sites excluding steroid dienone is 3. The molecule has 1 saturated carbocycles. The molecule has 0 radical (unpaired) electrons. The summed E-state index contributed by atoms with van der Waals surface area (Å²) in [5, 5.41) is 10.1. The summed E-state index contributed by atoms with van der Waals surface area (Å²) in [5.74, 6) is 0.953. The lowest BCUT2D eigenvalue weighted by atomic mass is 9.86. The predicted octanol–water partition coefficient (Wildman–Crippen LogP) is 2.67. The van der Waals surface area contributed by atoms with Gasteiger partial charge in [-0.1, -0.05) is 37.1 Å². The van der Waals surface area contributed by atoms with Gasteiger partial charge >= 0.3 is 0 Å². The molecular weight excluding hydrogens is 160 g/mol. The lowest BCUT2D eigenvalue weighted by molar-refractivity contribution is 0.0718. The van der Waals surface area contributed by atoms with E-state index >= 15 is 0 Å². The van der Waals surface area contributed by atoms with Gasteiger partial charge in [0, 0.05) is 5.92 Å². The van der Waals surface area contributed by atoms with Crippen molar-refractivity contribution in [2.24, 2.45) is 11.8 Å². The molecule has 13 heavy (non-hydrogen) atoms. The second-order valence-electron chi connectivity index (χ2n) is 4.25. The fourth-order valence-corrected chi connectivity index (χ4v) is 2.50. The average Bonchev–Trinajstić information content (AvgIpc) is 2.71. The Morgan fingerprint density at radius 1 is 1.15 bits per heavy atom. The molecule has 0 heterocycles. The average molecular weight is 178 g/mol. The van der Waals surface area contributed by atoms with Gasteiger partial charge in [0.1, 0.15) is 0 Å². The minimum atomic E-state index is -0.0938. The highest BCUT2D eigenvalue weighted by Gasteiger charge is 2.28. The summed E-state index contributed by atoms with van der Waals surface area (Å²) >= 11 is 0. The molecule has 2 aliphatic rings. The quantitative estimate of drug-likeness (QED) is 0.689. The van der Waals surface area contributed by atoms with Gasteiger partial charge in [0.05, 0.1) is 6.10 Å². The molecule has 0 aromatic heterocycles. The van der Waals surface area contributed by atoms with Crippen molar-refractivity contribution in [3.63, 3.8) is 0 Å². The molecular formula is C12H18O. The van der Waals surface area contributed by atoms with Gasteiger partial charge in [-0.2, -0.15) is 0 Å². The standard InChI is InChI=1S/C12H18O/c13-12(11-8-4-5-9-11)10-6-2-1-3-7-10/h1-3,6,10-13H,4-5,7-9H2/t10?,12-/m0/s1. The molecule has 72 valence electrons. The Morgan fingerprint density at radius 3 is 2.54 bits per heavy atom. The topological polar surface area (TPSA) is 20.2 Å². The van der Waals surface area contributed by atoms with Crippen LogP contribution in [0.4, 0.5) is 0 Å². The number of hydrogen-bond donors (Lipinski definition) is 1. The fraction of sp³-hybridized carbons (Fsp3) is 0.667. The molecule has 1 heteroatoms. The van der Waals surface area contributed by atoms with Crippen molar-refractivity contribution in [3.05, 3.63) is 24.3 Å². The van der Waals surface area contributed by atoms with Gasteiger partial charge in [-0.05, 0) is 25.2 Å². The highest BCUT2D eigenvalue weighted by molar-refractivity contribution is 5.12. The van der Waals surface area contributed by atoms with Crippen molar-refractivity contribution in [2.45, 2.75) is 38.2 Å². The maximum atomic E-state index is 10.1. The Balaban J connectivity index is 1.91.